The molecule has 0 aromatic carbocycles. The largest absolute Gasteiger partial charge is 0.290 e. The van der Waals surface area contributed by atoms with Crippen molar-refractivity contribution in [1.82, 2.24) is 0 Å². The Hall–Kier alpha value is 0.0400. The van der Waals surface area contributed by atoms with Gasteiger partial charge in [0.15, 0.2) is 0 Å². The van der Waals surface area contributed by atoms with Crippen molar-refractivity contribution in [2.75, 3.05) is 6.26 Å². The Bertz CT molecular complexity index is 261. The van der Waals surface area contributed by atoms with Gasteiger partial charge in [-0.25, -0.2) is 0 Å². The van der Waals surface area contributed by atoms with Crippen molar-refractivity contribution in [2.24, 2.45) is 4.99 Å². The van der Waals surface area contributed by atoms with E-state index in [0.717, 1.165) is 12.8 Å². The topological polar surface area (TPSA) is 29.4 Å². The van der Waals surface area contributed by atoms with Gasteiger partial charge >= 0.3 is 0 Å². The SMILES string of the molecule is CSC(=O)SC(C)(C)C1CCC(C)=N1. The fourth-order valence-corrected chi connectivity index (χ4v) is 3.28. The molecule has 1 unspecified atom stereocenters. The van der Waals surface area contributed by atoms with Gasteiger partial charge in [-0.3, -0.25) is 9.79 Å². The summed E-state index contributed by atoms with van der Waals surface area (Å²) in [4.78, 5) is 15.9. The summed E-state index contributed by atoms with van der Waals surface area (Å²) in [6, 6.07) is 0.309. The number of carbonyl (C=O) groups is 1. The third kappa shape index (κ3) is 3.02. The average molecular weight is 231 g/mol. The second kappa shape index (κ2) is 4.71. The molecule has 0 saturated heterocycles. The molecule has 0 saturated carbocycles. The molecule has 1 rings (SSSR count). The smallest absolute Gasteiger partial charge is 0.246 e. The van der Waals surface area contributed by atoms with Crippen LogP contribution in [0.3, 0.4) is 0 Å². The number of carbonyl (C=O) groups excluding carboxylic acids is 1. The molecule has 2 nitrogen and oxygen atoms in total. The lowest BCUT2D eigenvalue weighted by molar-refractivity contribution is 0.276. The summed E-state index contributed by atoms with van der Waals surface area (Å²) < 4.78 is 0.132. The molecule has 1 aliphatic rings. The van der Waals surface area contributed by atoms with Crippen molar-refractivity contribution in [3.05, 3.63) is 0 Å². The normalized spacial score (nSPS) is 22.3. The van der Waals surface area contributed by atoms with Gasteiger partial charge in [0, 0.05) is 10.5 Å². The van der Waals surface area contributed by atoms with E-state index >= 15 is 0 Å². The average Bonchev–Trinajstić information content (AvgIpc) is 2.51. The van der Waals surface area contributed by atoms with Crippen molar-refractivity contribution >= 4 is 33.7 Å². The van der Waals surface area contributed by atoms with Gasteiger partial charge in [0.2, 0.25) is 4.45 Å². The fourth-order valence-electron chi connectivity index (χ4n) is 1.57. The number of hydrogen-bond donors (Lipinski definition) is 0. The lowest BCUT2D eigenvalue weighted by Crippen LogP contribution is -2.30. The first kappa shape index (κ1) is 12.1. The summed E-state index contributed by atoms with van der Waals surface area (Å²) >= 11 is 2.70. The van der Waals surface area contributed by atoms with Crippen molar-refractivity contribution < 1.29 is 4.79 Å². The van der Waals surface area contributed by atoms with E-state index in [2.05, 4.69) is 25.8 Å². The van der Waals surface area contributed by atoms with Crippen LogP contribution in [0.1, 0.15) is 33.6 Å². The molecule has 0 radical (unpaired) electrons. The minimum atomic E-state index is -0.0577. The van der Waals surface area contributed by atoms with Gasteiger partial charge in [0.25, 0.3) is 0 Å². The molecule has 0 fully saturated rings. The summed E-state index contributed by atoms with van der Waals surface area (Å²) in [5, 5.41) is 0. The van der Waals surface area contributed by atoms with Gasteiger partial charge in [-0.15, -0.1) is 0 Å². The van der Waals surface area contributed by atoms with Gasteiger partial charge < -0.3 is 0 Å². The van der Waals surface area contributed by atoms with E-state index in [1.807, 2.05) is 6.26 Å². The molecule has 1 heterocycles. The van der Waals surface area contributed by atoms with E-state index in [9.17, 15) is 4.79 Å². The highest BCUT2D eigenvalue weighted by atomic mass is 32.2. The molecular formula is C10H17NOS2. The van der Waals surface area contributed by atoms with Crippen molar-refractivity contribution in [3.8, 4) is 0 Å². The van der Waals surface area contributed by atoms with Crippen molar-refractivity contribution in [1.29, 1.82) is 0 Å². The predicted octanol–water partition coefficient (Wildman–Crippen LogP) is 3.60. The first-order valence-electron chi connectivity index (χ1n) is 4.76. The van der Waals surface area contributed by atoms with Crippen LogP contribution in [0.2, 0.25) is 0 Å². The number of hydrogen-bond acceptors (Lipinski definition) is 4. The molecule has 1 aliphatic heterocycles. The Kier molecular flexibility index (Phi) is 4.07. The zero-order chi connectivity index (χ0) is 10.8. The lowest BCUT2D eigenvalue weighted by Gasteiger charge is -2.27. The standard InChI is InChI=1S/C10H17NOS2/c1-7-5-6-8(11-7)10(2,3)14-9(12)13-4/h8H,5-6H2,1-4H3. The highest BCUT2D eigenvalue weighted by molar-refractivity contribution is 8.38. The Morgan fingerprint density at radius 1 is 1.57 bits per heavy atom. The number of nitrogens with zero attached hydrogens (tertiary/aromatic N) is 1. The quantitative estimate of drug-likeness (QED) is 0.727. The molecule has 0 aliphatic carbocycles. The van der Waals surface area contributed by atoms with E-state index in [-0.39, 0.29) is 9.19 Å². The molecule has 80 valence electrons. The molecular weight excluding hydrogens is 214 g/mol. The third-order valence-electron chi connectivity index (χ3n) is 2.47. The van der Waals surface area contributed by atoms with Crippen molar-refractivity contribution in [2.45, 2.75) is 44.4 Å². The van der Waals surface area contributed by atoms with Gasteiger partial charge in [0.1, 0.15) is 0 Å². The summed E-state index contributed by atoms with van der Waals surface area (Å²) in [5.41, 5.74) is 1.22. The maximum Gasteiger partial charge on any atom is 0.246 e. The van der Waals surface area contributed by atoms with Crippen LogP contribution in [0.15, 0.2) is 4.99 Å². The van der Waals surface area contributed by atoms with Crippen LogP contribution in [0.4, 0.5) is 4.79 Å². The molecule has 0 N–H and O–H groups in total. The second-order valence-electron chi connectivity index (χ2n) is 4.08. The maximum absolute atomic E-state index is 11.3. The van der Waals surface area contributed by atoms with Gasteiger partial charge in [0.05, 0.1) is 6.04 Å². The molecule has 4 heteroatoms. The van der Waals surface area contributed by atoms with E-state index in [1.54, 1.807) is 0 Å². The number of aliphatic imine (C=N–C) groups is 1. The first-order chi connectivity index (χ1) is 6.45. The summed E-state index contributed by atoms with van der Waals surface area (Å²) in [5.74, 6) is 0. The molecule has 1 atom stereocenters. The maximum atomic E-state index is 11.3. The Labute approximate surface area is 94.3 Å². The fraction of sp³-hybridized carbons (Fsp3) is 0.800. The van der Waals surface area contributed by atoms with Crippen LogP contribution in [0.25, 0.3) is 0 Å². The number of thioether (sulfide) groups is 2. The van der Waals surface area contributed by atoms with Crippen LogP contribution >= 0.6 is 23.5 Å². The Balaban J connectivity index is 2.61. The lowest BCUT2D eigenvalue weighted by atomic mass is 10.0. The highest BCUT2D eigenvalue weighted by Gasteiger charge is 2.34. The van der Waals surface area contributed by atoms with E-state index in [4.69, 9.17) is 0 Å². The zero-order valence-corrected chi connectivity index (χ0v) is 10.8. The van der Waals surface area contributed by atoms with Gasteiger partial charge in [-0.2, -0.15) is 0 Å². The van der Waals surface area contributed by atoms with Crippen LogP contribution in [-0.2, 0) is 0 Å². The second-order valence-corrected chi connectivity index (χ2v) is 6.74. The van der Waals surface area contributed by atoms with Crippen LogP contribution in [0, 0.1) is 0 Å². The Morgan fingerprint density at radius 2 is 2.21 bits per heavy atom. The summed E-state index contributed by atoms with van der Waals surface area (Å²) in [7, 11) is 0. The molecule has 0 amide bonds. The first-order valence-corrected chi connectivity index (χ1v) is 6.80. The van der Waals surface area contributed by atoms with Crippen molar-refractivity contribution in [3.63, 3.8) is 0 Å². The van der Waals surface area contributed by atoms with E-state index in [0.29, 0.717) is 6.04 Å². The van der Waals surface area contributed by atoms with E-state index < -0.39 is 0 Å². The molecule has 0 spiro atoms. The van der Waals surface area contributed by atoms with Gasteiger partial charge in [-0.1, -0.05) is 23.5 Å². The molecule has 0 bridgehead atoms. The minimum Gasteiger partial charge on any atom is -0.290 e. The highest BCUT2D eigenvalue weighted by Crippen LogP contribution is 2.37. The monoisotopic (exact) mass is 231 g/mol. The van der Waals surface area contributed by atoms with E-state index in [1.165, 1.54) is 29.2 Å². The predicted molar refractivity (Wildman–Crippen MR) is 66.7 cm³/mol. The van der Waals surface area contributed by atoms with Crippen LogP contribution in [0.5, 0.6) is 0 Å². The van der Waals surface area contributed by atoms with Crippen LogP contribution in [-0.4, -0.2) is 27.2 Å². The molecule has 0 aromatic rings. The summed E-state index contributed by atoms with van der Waals surface area (Å²) in [6.45, 7) is 6.29. The third-order valence-corrected chi connectivity index (χ3v) is 4.52. The number of rotatable bonds is 2. The molecule has 0 aromatic heterocycles. The zero-order valence-electron chi connectivity index (χ0n) is 9.16. The Morgan fingerprint density at radius 3 is 2.64 bits per heavy atom. The molecule has 14 heavy (non-hydrogen) atoms. The summed E-state index contributed by atoms with van der Waals surface area (Å²) in [6.07, 6.45) is 4.00. The minimum absolute atomic E-state index is 0.0577. The van der Waals surface area contributed by atoms with Crippen LogP contribution < -0.4 is 0 Å². The van der Waals surface area contributed by atoms with Gasteiger partial charge in [-0.05, 0) is 39.9 Å².